The predicted octanol–water partition coefficient (Wildman–Crippen LogP) is 4.79. The zero-order valence-corrected chi connectivity index (χ0v) is 19.1. The van der Waals surface area contributed by atoms with E-state index in [1.54, 1.807) is 35.0 Å². The van der Waals surface area contributed by atoms with E-state index in [1.165, 1.54) is 6.92 Å². The lowest BCUT2D eigenvalue weighted by atomic mass is 9.93. The lowest BCUT2D eigenvalue weighted by Gasteiger charge is -2.12. The smallest absolute Gasteiger partial charge is 0.209 e. The quantitative estimate of drug-likeness (QED) is 0.451. The molecule has 4 aromatic rings. The summed E-state index contributed by atoms with van der Waals surface area (Å²) in [5.74, 6) is 2.68. The number of nitrogens with one attached hydrogen (secondary N) is 1. The number of fused-ring (bicyclic) bond motifs is 1. The molecule has 168 valence electrons. The van der Waals surface area contributed by atoms with Gasteiger partial charge in [0.15, 0.2) is 5.82 Å². The number of aryl methyl sites for hydroxylation is 1. The summed E-state index contributed by atoms with van der Waals surface area (Å²) in [5, 5.41) is 17.1. The Morgan fingerprint density at radius 2 is 2.06 bits per heavy atom. The van der Waals surface area contributed by atoms with E-state index in [-0.39, 0.29) is 17.6 Å². The normalized spacial score (nSPS) is 11.4. The van der Waals surface area contributed by atoms with Crippen molar-refractivity contribution in [3.63, 3.8) is 0 Å². The van der Waals surface area contributed by atoms with Crippen molar-refractivity contribution in [3.05, 3.63) is 53.5 Å². The molecule has 0 saturated carbocycles. The minimum atomic E-state index is -0.170. The van der Waals surface area contributed by atoms with Crippen LogP contribution < -0.4 is 10.1 Å². The van der Waals surface area contributed by atoms with Gasteiger partial charge in [-0.05, 0) is 25.1 Å². The van der Waals surface area contributed by atoms with Gasteiger partial charge in [-0.3, -0.25) is 9.78 Å². The molecule has 4 rings (SSSR count). The highest BCUT2D eigenvalue weighted by Gasteiger charge is 2.21. The molecule has 1 N–H and O–H groups in total. The molecule has 0 unspecified atom stereocenters. The lowest BCUT2D eigenvalue weighted by molar-refractivity contribution is -0.116. The van der Waals surface area contributed by atoms with Crippen molar-refractivity contribution < 1.29 is 14.1 Å². The van der Waals surface area contributed by atoms with Gasteiger partial charge in [0.1, 0.15) is 34.7 Å². The van der Waals surface area contributed by atoms with Crippen LogP contribution >= 0.6 is 0 Å². The molecule has 0 atom stereocenters. The summed E-state index contributed by atoms with van der Waals surface area (Å²) in [7, 11) is 1.81. The largest absolute Gasteiger partial charge is 0.456 e. The highest BCUT2D eigenvalue weighted by molar-refractivity contribution is 5.87. The van der Waals surface area contributed by atoms with Gasteiger partial charge in [-0.1, -0.05) is 25.9 Å². The molecule has 3 aromatic heterocycles. The maximum atomic E-state index is 11.4. The van der Waals surface area contributed by atoms with Crippen molar-refractivity contribution in [2.24, 2.45) is 7.05 Å². The highest BCUT2D eigenvalue weighted by Crippen LogP contribution is 2.33. The number of hydrogen-bond donors (Lipinski definition) is 1. The maximum Gasteiger partial charge on any atom is 0.209 e. The number of Topliss-reactive ketones (excluding diaryl/α,β-unsaturated/α-hetero) is 1. The molecule has 0 saturated heterocycles. The fourth-order valence-corrected chi connectivity index (χ4v) is 3.39. The highest BCUT2D eigenvalue weighted by atomic mass is 16.5. The molecular formula is C24H24N6O3. The Morgan fingerprint density at radius 3 is 2.73 bits per heavy atom. The molecule has 0 bridgehead atoms. The molecule has 0 amide bonds. The Labute approximate surface area is 191 Å². The van der Waals surface area contributed by atoms with Crippen LogP contribution in [0.25, 0.3) is 11.0 Å². The first-order valence-corrected chi connectivity index (χ1v) is 10.4. The van der Waals surface area contributed by atoms with Crippen molar-refractivity contribution in [2.45, 2.75) is 39.5 Å². The molecule has 0 spiro atoms. The first-order chi connectivity index (χ1) is 15.7. The molecule has 9 heteroatoms. The molecule has 0 aliphatic rings. The third-order valence-corrected chi connectivity index (χ3v) is 5.04. The van der Waals surface area contributed by atoms with E-state index >= 15 is 0 Å². The molecule has 0 radical (unpaired) electrons. The Balaban J connectivity index is 1.67. The van der Waals surface area contributed by atoms with Crippen LogP contribution in [0.1, 0.15) is 44.7 Å². The topological polar surface area (TPSA) is 119 Å². The minimum absolute atomic E-state index is 0.00966. The summed E-state index contributed by atoms with van der Waals surface area (Å²) < 4.78 is 13.2. The van der Waals surface area contributed by atoms with Gasteiger partial charge in [-0.2, -0.15) is 5.26 Å². The monoisotopic (exact) mass is 444 g/mol. The number of hydrogen-bond acceptors (Lipinski definition) is 8. The zero-order valence-electron chi connectivity index (χ0n) is 19.1. The van der Waals surface area contributed by atoms with Gasteiger partial charge >= 0.3 is 0 Å². The van der Waals surface area contributed by atoms with Crippen LogP contribution in [0.4, 0.5) is 11.8 Å². The average molecular weight is 444 g/mol. The SMILES string of the molecule is CC(=O)Cc1cc(Oc2ccc3nc(Nc4cc(C(C)(C)C)on4)n(C)c3c2C#N)ccn1. The second-order valence-corrected chi connectivity index (χ2v) is 8.83. The van der Waals surface area contributed by atoms with Gasteiger partial charge < -0.3 is 19.1 Å². The maximum absolute atomic E-state index is 11.4. The number of ether oxygens (including phenoxy) is 1. The Kier molecular flexibility index (Phi) is 5.60. The molecule has 3 heterocycles. The van der Waals surface area contributed by atoms with Gasteiger partial charge in [0.25, 0.3) is 0 Å². The number of rotatable bonds is 6. The van der Waals surface area contributed by atoms with Gasteiger partial charge in [0.2, 0.25) is 5.95 Å². The van der Waals surface area contributed by atoms with Crippen LogP contribution in [0.5, 0.6) is 11.5 Å². The number of nitriles is 1. The summed E-state index contributed by atoms with van der Waals surface area (Å²) in [6.07, 6.45) is 1.80. The molecule has 33 heavy (non-hydrogen) atoms. The summed E-state index contributed by atoms with van der Waals surface area (Å²) >= 11 is 0. The molecule has 1 aromatic carbocycles. The van der Waals surface area contributed by atoms with Gasteiger partial charge in [0.05, 0.1) is 16.7 Å². The Bertz CT molecular complexity index is 1390. The first kappa shape index (κ1) is 22.0. The molecule has 9 nitrogen and oxygen atoms in total. The third-order valence-electron chi connectivity index (χ3n) is 5.04. The van der Waals surface area contributed by atoms with Gasteiger partial charge in [-0.25, -0.2) is 4.98 Å². The van der Waals surface area contributed by atoms with Gasteiger partial charge in [0, 0.05) is 37.2 Å². The second kappa shape index (κ2) is 8.39. The molecule has 0 aliphatic carbocycles. The number of imidazole rings is 1. The van der Waals surface area contributed by atoms with E-state index in [0.29, 0.717) is 45.6 Å². The van der Waals surface area contributed by atoms with Crippen molar-refractivity contribution in [2.75, 3.05) is 5.32 Å². The number of aromatic nitrogens is 4. The first-order valence-electron chi connectivity index (χ1n) is 10.4. The number of ketones is 1. The van der Waals surface area contributed by atoms with Crippen molar-refractivity contribution >= 4 is 28.6 Å². The van der Waals surface area contributed by atoms with Crippen molar-refractivity contribution in [3.8, 4) is 17.6 Å². The van der Waals surface area contributed by atoms with Crippen LogP contribution in [0.3, 0.4) is 0 Å². The fourth-order valence-electron chi connectivity index (χ4n) is 3.39. The average Bonchev–Trinajstić information content (AvgIpc) is 3.33. The number of benzene rings is 1. The van der Waals surface area contributed by atoms with E-state index in [9.17, 15) is 10.1 Å². The van der Waals surface area contributed by atoms with Crippen LogP contribution in [-0.2, 0) is 23.7 Å². The molecule has 0 fully saturated rings. The second-order valence-electron chi connectivity index (χ2n) is 8.83. The Hall–Kier alpha value is -4.19. The van der Waals surface area contributed by atoms with Crippen LogP contribution in [-0.4, -0.2) is 25.5 Å². The number of nitrogens with zero attached hydrogens (tertiary/aromatic N) is 5. The standard InChI is InChI=1S/C24H24N6O3/c1-14(31)10-15-11-16(8-9-26-15)32-19-7-6-18-22(17(19)13-25)30(5)23(27-18)28-21-12-20(33-29-21)24(2,3)4/h6-9,11-12H,10H2,1-5H3,(H,27,28,29). The van der Waals surface area contributed by atoms with E-state index in [4.69, 9.17) is 9.26 Å². The minimum Gasteiger partial charge on any atom is -0.456 e. The van der Waals surface area contributed by atoms with Crippen molar-refractivity contribution in [1.29, 1.82) is 5.26 Å². The van der Waals surface area contributed by atoms with Crippen LogP contribution in [0, 0.1) is 11.3 Å². The third kappa shape index (κ3) is 4.55. The number of carbonyl (C=O) groups is 1. The number of pyridine rings is 1. The van der Waals surface area contributed by atoms with Gasteiger partial charge in [-0.15, -0.1) is 0 Å². The fraction of sp³-hybridized carbons (Fsp3) is 0.292. The summed E-state index contributed by atoms with van der Waals surface area (Å²) in [4.78, 5) is 20.2. The van der Waals surface area contributed by atoms with Crippen LogP contribution in [0.15, 0.2) is 41.1 Å². The van der Waals surface area contributed by atoms with Crippen molar-refractivity contribution in [1.82, 2.24) is 19.7 Å². The van der Waals surface area contributed by atoms with E-state index in [0.717, 1.165) is 5.76 Å². The van der Waals surface area contributed by atoms with Crippen LogP contribution in [0.2, 0.25) is 0 Å². The summed E-state index contributed by atoms with van der Waals surface area (Å²) in [6, 6.07) is 10.9. The molecule has 0 aliphatic heterocycles. The van der Waals surface area contributed by atoms with E-state index in [2.05, 4.69) is 26.5 Å². The van der Waals surface area contributed by atoms with E-state index < -0.39 is 0 Å². The summed E-state index contributed by atoms with van der Waals surface area (Å²) in [5.41, 5.74) is 2.03. The lowest BCUT2D eigenvalue weighted by Crippen LogP contribution is -2.09. The number of anilines is 2. The predicted molar refractivity (Wildman–Crippen MR) is 123 cm³/mol. The number of carbonyl (C=O) groups excluding carboxylic acids is 1. The summed E-state index contributed by atoms with van der Waals surface area (Å²) in [6.45, 7) is 7.63. The molecular weight excluding hydrogens is 420 g/mol. The Morgan fingerprint density at radius 1 is 1.27 bits per heavy atom. The zero-order chi connectivity index (χ0) is 23.8. The van der Waals surface area contributed by atoms with E-state index in [1.807, 2.05) is 33.9 Å².